The molecule has 26 heavy (non-hydrogen) atoms. The van der Waals surface area contributed by atoms with E-state index in [1.54, 1.807) is 12.1 Å². The summed E-state index contributed by atoms with van der Waals surface area (Å²) in [4.78, 5) is 26.0. The number of aromatic carboxylic acids is 1. The van der Waals surface area contributed by atoms with Gasteiger partial charge in [0.1, 0.15) is 5.56 Å². The Kier molecular flexibility index (Phi) is 5.50. The van der Waals surface area contributed by atoms with Gasteiger partial charge in [0.15, 0.2) is 0 Å². The number of pyridine rings is 1. The molecule has 1 aliphatic rings. The van der Waals surface area contributed by atoms with Gasteiger partial charge in [-0.25, -0.2) is 4.79 Å². The Balaban J connectivity index is 1.96. The van der Waals surface area contributed by atoms with E-state index in [0.29, 0.717) is 41.2 Å². The molecule has 0 aliphatic heterocycles. The first-order valence-corrected chi connectivity index (χ1v) is 8.95. The molecule has 0 bridgehead atoms. The number of carboxylic acid groups (broad SMARTS) is 1. The number of halogens is 1. The number of aliphatic hydroxyl groups excluding tert-OH is 1. The van der Waals surface area contributed by atoms with E-state index in [9.17, 15) is 14.7 Å². The van der Waals surface area contributed by atoms with Gasteiger partial charge in [-0.3, -0.25) is 4.79 Å². The SMILES string of the molecule is CN(CCO)CCNc1cc2c(=O)c(C(=O)O)cn(C3CC3)c2cc1Cl. The molecule has 0 amide bonds. The number of fused-ring (bicyclic) bond motifs is 1. The van der Waals surface area contributed by atoms with Gasteiger partial charge >= 0.3 is 5.97 Å². The Morgan fingerprint density at radius 2 is 2.12 bits per heavy atom. The number of rotatable bonds is 8. The minimum absolute atomic E-state index is 0.0892. The van der Waals surface area contributed by atoms with Crippen LogP contribution in [0.1, 0.15) is 29.2 Å². The van der Waals surface area contributed by atoms with Gasteiger partial charge in [0.2, 0.25) is 5.43 Å². The molecule has 0 atom stereocenters. The number of hydrogen-bond acceptors (Lipinski definition) is 5. The molecule has 0 radical (unpaired) electrons. The van der Waals surface area contributed by atoms with Crippen molar-refractivity contribution in [1.29, 1.82) is 0 Å². The van der Waals surface area contributed by atoms with Crippen molar-refractivity contribution in [1.82, 2.24) is 9.47 Å². The summed E-state index contributed by atoms with van der Waals surface area (Å²) < 4.78 is 1.85. The quantitative estimate of drug-likeness (QED) is 0.649. The Hall–Kier alpha value is -2.09. The third-order valence-electron chi connectivity index (χ3n) is 4.58. The van der Waals surface area contributed by atoms with Crippen LogP contribution in [0.15, 0.2) is 23.1 Å². The highest BCUT2D eigenvalue weighted by Crippen LogP contribution is 2.38. The summed E-state index contributed by atoms with van der Waals surface area (Å²) in [6.45, 7) is 1.93. The van der Waals surface area contributed by atoms with E-state index >= 15 is 0 Å². The maximum Gasteiger partial charge on any atom is 0.341 e. The van der Waals surface area contributed by atoms with Crippen LogP contribution in [0, 0.1) is 0 Å². The highest BCUT2D eigenvalue weighted by atomic mass is 35.5. The van der Waals surface area contributed by atoms with Crippen LogP contribution < -0.4 is 10.7 Å². The first-order valence-electron chi connectivity index (χ1n) is 8.57. The molecule has 2 aromatic rings. The molecule has 3 rings (SSSR count). The number of likely N-dealkylation sites (N-methyl/N-ethyl adjacent to an activating group) is 1. The van der Waals surface area contributed by atoms with Gasteiger partial charge in [0, 0.05) is 37.3 Å². The van der Waals surface area contributed by atoms with Gasteiger partial charge in [-0.2, -0.15) is 0 Å². The number of hydrogen-bond donors (Lipinski definition) is 3. The fraction of sp³-hybridized carbons (Fsp3) is 0.444. The lowest BCUT2D eigenvalue weighted by Gasteiger charge is -2.17. The van der Waals surface area contributed by atoms with Crippen molar-refractivity contribution in [2.24, 2.45) is 0 Å². The summed E-state index contributed by atoms with van der Waals surface area (Å²) in [5.74, 6) is -1.22. The molecule has 1 aromatic heterocycles. The summed E-state index contributed by atoms with van der Waals surface area (Å²) in [6.07, 6.45) is 3.36. The second kappa shape index (κ2) is 7.65. The zero-order valence-electron chi connectivity index (χ0n) is 14.5. The Morgan fingerprint density at radius 3 is 2.73 bits per heavy atom. The molecule has 140 valence electrons. The number of carbonyl (C=O) groups is 1. The average Bonchev–Trinajstić information content (AvgIpc) is 3.41. The van der Waals surface area contributed by atoms with Crippen LogP contribution in [-0.2, 0) is 0 Å². The lowest BCUT2D eigenvalue weighted by atomic mass is 10.1. The van der Waals surface area contributed by atoms with Crippen molar-refractivity contribution in [3.05, 3.63) is 39.1 Å². The second-order valence-electron chi connectivity index (χ2n) is 6.62. The molecule has 1 aliphatic carbocycles. The predicted octanol–water partition coefficient (Wildman–Crippen LogP) is 2.02. The van der Waals surface area contributed by atoms with Crippen molar-refractivity contribution in [3.63, 3.8) is 0 Å². The zero-order valence-corrected chi connectivity index (χ0v) is 15.3. The number of nitrogens with one attached hydrogen (secondary N) is 1. The molecule has 0 unspecified atom stereocenters. The van der Waals surface area contributed by atoms with Gasteiger partial charge in [0.25, 0.3) is 0 Å². The molecule has 1 fully saturated rings. The van der Waals surface area contributed by atoms with Crippen molar-refractivity contribution in [2.75, 3.05) is 38.6 Å². The summed E-state index contributed by atoms with van der Waals surface area (Å²) in [6, 6.07) is 3.58. The smallest absolute Gasteiger partial charge is 0.341 e. The second-order valence-corrected chi connectivity index (χ2v) is 7.03. The molecule has 8 heteroatoms. The van der Waals surface area contributed by atoms with E-state index in [1.807, 2.05) is 16.5 Å². The van der Waals surface area contributed by atoms with Crippen LogP contribution in [0.5, 0.6) is 0 Å². The van der Waals surface area contributed by atoms with Gasteiger partial charge in [-0.1, -0.05) is 11.6 Å². The summed E-state index contributed by atoms with van der Waals surface area (Å²) in [5.41, 5.74) is 0.538. The highest BCUT2D eigenvalue weighted by Gasteiger charge is 2.27. The molecule has 7 nitrogen and oxygen atoms in total. The highest BCUT2D eigenvalue weighted by molar-refractivity contribution is 6.34. The van der Waals surface area contributed by atoms with Crippen LogP contribution in [-0.4, -0.2) is 58.9 Å². The summed E-state index contributed by atoms with van der Waals surface area (Å²) >= 11 is 6.38. The summed E-state index contributed by atoms with van der Waals surface area (Å²) in [5, 5.41) is 22.3. The van der Waals surface area contributed by atoms with Gasteiger partial charge in [-0.15, -0.1) is 0 Å². The normalized spacial score (nSPS) is 14.2. The number of anilines is 1. The molecular formula is C18H22ClN3O4. The fourth-order valence-electron chi connectivity index (χ4n) is 2.98. The van der Waals surface area contributed by atoms with Crippen LogP contribution in [0.25, 0.3) is 10.9 Å². The van der Waals surface area contributed by atoms with E-state index in [2.05, 4.69) is 5.32 Å². The third-order valence-corrected chi connectivity index (χ3v) is 4.90. The predicted molar refractivity (Wildman–Crippen MR) is 102 cm³/mol. The first-order chi connectivity index (χ1) is 12.4. The number of aliphatic hydroxyl groups is 1. The van der Waals surface area contributed by atoms with Gasteiger partial charge < -0.3 is 25.0 Å². The first kappa shape index (κ1) is 18.7. The molecule has 0 saturated heterocycles. The van der Waals surface area contributed by atoms with Crippen molar-refractivity contribution in [3.8, 4) is 0 Å². The van der Waals surface area contributed by atoms with E-state index in [1.165, 1.54) is 6.20 Å². The maximum absolute atomic E-state index is 12.6. The van der Waals surface area contributed by atoms with Crippen molar-refractivity contribution in [2.45, 2.75) is 18.9 Å². The molecule has 0 spiro atoms. The van der Waals surface area contributed by atoms with Crippen LogP contribution in [0.4, 0.5) is 5.69 Å². The minimum atomic E-state index is -1.22. The van der Waals surface area contributed by atoms with Crippen LogP contribution in [0.3, 0.4) is 0 Å². The number of benzene rings is 1. The van der Waals surface area contributed by atoms with E-state index < -0.39 is 11.4 Å². The lowest BCUT2D eigenvalue weighted by Crippen LogP contribution is -2.27. The monoisotopic (exact) mass is 379 g/mol. The average molecular weight is 380 g/mol. The lowest BCUT2D eigenvalue weighted by molar-refractivity contribution is 0.0695. The Morgan fingerprint density at radius 1 is 1.38 bits per heavy atom. The topological polar surface area (TPSA) is 94.8 Å². The number of carboxylic acids is 1. The molecule has 1 aromatic carbocycles. The zero-order chi connectivity index (χ0) is 18.8. The molecular weight excluding hydrogens is 358 g/mol. The van der Waals surface area contributed by atoms with Crippen molar-refractivity contribution >= 4 is 34.2 Å². The fourth-order valence-corrected chi connectivity index (χ4v) is 3.20. The third kappa shape index (κ3) is 3.85. The van der Waals surface area contributed by atoms with E-state index in [-0.39, 0.29) is 18.2 Å². The Labute approximate surface area is 155 Å². The molecule has 1 saturated carbocycles. The van der Waals surface area contributed by atoms with E-state index in [0.717, 1.165) is 12.8 Å². The van der Waals surface area contributed by atoms with Gasteiger partial charge in [-0.05, 0) is 32.0 Å². The maximum atomic E-state index is 12.6. The summed E-state index contributed by atoms with van der Waals surface area (Å²) in [7, 11) is 1.90. The minimum Gasteiger partial charge on any atom is -0.477 e. The van der Waals surface area contributed by atoms with Crippen LogP contribution in [0.2, 0.25) is 5.02 Å². The molecule has 3 N–H and O–H groups in total. The number of aromatic nitrogens is 1. The standard InChI is InChI=1S/C18H22ClN3O4/c1-21(6-7-23)5-4-20-15-8-12-16(9-14(15)19)22(11-2-3-11)10-13(17(12)24)18(25)26/h8-11,20,23H,2-7H2,1H3,(H,25,26). The van der Waals surface area contributed by atoms with E-state index in [4.69, 9.17) is 16.7 Å². The number of nitrogens with zero attached hydrogens (tertiary/aromatic N) is 2. The van der Waals surface area contributed by atoms with Crippen molar-refractivity contribution < 1.29 is 15.0 Å². The van der Waals surface area contributed by atoms with Crippen LogP contribution >= 0.6 is 11.6 Å². The Bertz CT molecular complexity index is 892. The van der Waals surface area contributed by atoms with Gasteiger partial charge in [0.05, 0.1) is 22.8 Å². The molecule has 1 heterocycles. The largest absolute Gasteiger partial charge is 0.477 e.